The molecule has 2 unspecified atom stereocenters. The fourth-order valence-corrected chi connectivity index (χ4v) is 2.67. The van der Waals surface area contributed by atoms with E-state index < -0.39 is 0 Å². The fourth-order valence-electron chi connectivity index (χ4n) is 2.67. The van der Waals surface area contributed by atoms with E-state index in [0.29, 0.717) is 18.0 Å². The maximum atomic E-state index is 13.1. The van der Waals surface area contributed by atoms with E-state index >= 15 is 0 Å². The molecule has 5 heteroatoms. The van der Waals surface area contributed by atoms with Gasteiger partial charge < -0.3 is 20.5 Å². The van der Waals surface area contributed by atoms with Crippen LogP contribution in [0.25, 0.3) is 0 Å². The molecule has 0 saturated carbocycles. The Morgan fingerprint density at radius 3 is 2.65 bits per heavy atom. The molecule has 1 aliphatic heterocycles. The summed E-state index contributed by atoms with van der Waals surface area (Å²) in [6.07, 6.45) is -0.260. The molecule has 0 radical (unpaired) electrons. The molecule has 1 saturated heterocycles. The van der Waals surface area contributed by atoms with Crippen molar-refractivity contribution in [3.63, 3.8) is 0 Å². The molecule has 23 heavy (non-hydrogen) atoms. The number of nitrogens with one attached hydrogen (secondary N) is 2. The fraction of sp³-hybridized carbons (Fsp3) is 0.333. The number of hydrogen-bond donors (Lipinski definition) is 3. The number of benzene rings is 2. The molecular weight excluding hydrogens is 295 g/mol. The molecule has 1 heterocycles. The molecule has 0 aliphatic carbocycles. The van der Waals surface area contributed by atoms with Crippen LogP contribution in [-0.2, 0) is 6.54 Å². The second-order valence-corrected chi connectivity index (χ2v) is 5.82. The predicted molar refractivity (Wildman–Crippen MR) is 87.0 cm³/mol. The highest BCUT2D eigenvalue weighted by Crippen LogP contribution is 2.22. The second kappa shape index (κ2) is 7.55. The van der Waals surface area contributed by atoms with Crippen LogP contribution in [0.2, 0.25) is 0 Å². The van der Waals surface area contributed by atoms with Crippen molar-refractivity contribution >= 4 is 0 Å². The predicted octanol–water partition coefficient (Wildman–Crippen LogP) is 2.29. The number of β-amino-alcohol motifs (C(OH)–C–C–N with tert-alkyl or cyclic N) is 1. The lowest BCUT2D eigenvalue weighted by Gasteiger charge is -2.14. The Bertz CT molecular complexity index is 633. The summed E-state index contributed by atoms with van der Waals surface area (Å²) in [7, 11) is 0. The molecule has 0 amide bonds. The minimum atomic E-state index is -0.313. The lowest BCUT2D eigenvalue weighted by molar-refractivity contribution is 0.146. The normalized spacial score (nSPS) is 20.6. The summed E-state index contributed by atoms with van der Waals surface area (Å²) in [5, 5.41) is 16.3. The van der Waals surface area contributed by atoms with E-state index in [0.717, 1.165) is 25.2 Å². The van der Waals surface area contributed by atoms with Crippen LogP contribution in [0.15, 0.2) is 48.5 Å². The molecule has 3 N–H and O–H groups in total. The Kier molecular flexibility index (Phi) is 5.23. The minimum absolute atomic E-state index is 0.260. The van der Waals surface area contributed by atoms with Gasteiger partial charge in [0.2, 0.25) is 0 Å². The lowest BCUT2D eigenvalue weighted by atomic mass is 10.1. The third kappa shape index (κ3) is 4.51. The van der Waals surface area contributed by atoms with Crippen LogP contribution in [-0.4, -0.2) is 30.8 Å². The largest absolute Gasteiger partial charge is 0.457 e. The van der Waals surface area contributed by atoms with Crippen molar-refractivity contribution in [2.24, 2.45) is 5.92 Å². The monoisotopic (exact) mass is 316 g/mol. The van der Waals surface area contributed by atoms with Gasteiger partial charge in [0.05, 0.1) is 6.10 Å². The smallest absolute Gasteiger partial charge is 0.130 e. The Labute approximate surface area is 135 Å². The zero-order chi connectivity index (χ0) is 16.1. The van der Waals surface area contributed by atoms with Gasteiger partial charge in [-0.1, -0.05) is 18.2 Å². The molecule has 1 aliphatic rings. The van der Waals surface area contributed by atoms with Crippen molar-refractivity contribution in [1.82, 2.24) is 10.6 Å². The summed E-state index contributed by atoms with van der Waals surface area (Å²) in [6.45, 7) is 3.06. The highest BCUT2D eigenvalue weighted by molar-refractivity contribution is 5.33. The molecule has 3 rings (SSSR count). The van der Waals surface area contributed by atoms with Crippen molar-refractivity contribution in [2.75, 3.05) is 19.6 Å². The van der Waals surface area contributed by atoms with Crippen LogP contribution in [0.3, 0.4) is 0 Å². The van der Waals surface area contributed by atoms with Crippen molar-refractivity contribution < 1.29 is 14.2 Å². The molecule has 2 aromatic carbocycles. The summed E-state index contributed by atoms with van der Waals surface area (Å²) in [4.78, 5) is 0. The van der Waals surface area contributed by atoms with Crippen molar-refractivity contribution in [3.8, 4) is 11.5 Å². The summed E-state index contributed by atoms with van der Waals surface area (Å²) in [5.41, 5.74) is 1.14. The lowest BCUT2D eigenvalue weighted by Crippen LogP contribution is -2.30. The molecule has 2 aromatic rings. The first kappa shape index (κ1) is 15.9. The molecule has 122 valence electrons. The van der Waals surface area contributed by atoms with E-state index in [9.17, 15) is 9.50 Å². The van der Waals surface area contributed by atoms with Crippen LogP contribution in [0.5, 0.6) is 11.5 Å². The van der Waals surface area contributed by atoms with E-state index in [1.165, 1.54) is 12.1 Å². The first-order valence-electron chi connectivity index (χ1n) is 7.82. The highest BCUT2D eigenvalue weighted by atomic mass is 19.1. The number of halogens is 1. The average Bonchev–Trinajstić information content (AvgIpc) is 2.94. The van der Waals surface area contributed by atoms with Gasteiger partial charge in [-0.3, -0.25) is 0 Å². The third-order valence-electron chi connectivity index (χ3n) is 3.99. The molecule has 2 atom stereocenters. The van der Waals surface area contributed by atoms with E-state index in [-0.39, 0.29) is 17.8 Å². The van der Waals surface area contributed by atoms with Crippen LogP contribution < -0.4 is 15.4 Å². The number of rotatable bonds is 6. The molecule has 0 bridgehead atoms. The standard InChI is InChI=1S/C18H21FN2O2/c19-15-2-1-3-17(8-15)23-16-6-4-13(5-7-16)9-20-10-14-11-21-12-18(14)22/h1-8,14,18,20-22H,9-12H2. The summed E-state index contributed by atoms with van der Waals surface area (Å²) in [6, 6.07) is 13.8. The van der Waals surface area contributed by atoms with Gasteiger partial charge in [-0.2, -0.15) is 0 Å². The maximum Gasteiger partial charge on any atom is 0.130 e. The van der Waals surface area contributed by atoms with E-state index in [1.807, 2.05) is 24.3 Å². The molecular formula is C18H21FN2O2. The Hall–Kier alpha value is -1.95. The Morgan fingerprint density at radius 2 is 1.96 bits per heavy atom. The second-order valence-electron chi connectivity index (χ2n) is 5.82. The molecule has 1 fully saturated rings. The topological polar surface area (TPSA) is 53.5 Å². The van der Waals surface area contributed by atoms with Crippen LogP contribution in [0.1, 0.15) is 5.56 Å². The van der Waals surface area contributed by atoms with Gasteiger partial charge in [0.25, 0.3) is 0 Å². The first-order chi connectivity index (χ1) is 11.2. The molecule has 4 nitrogen and oxygen atoms in total. The number of aliphatic hydroxyl groups is 1. The third-order valence-corrected chi connectivity index (χ3v) is 3.99. The van der Waals surface area contributed by atoms with Crippen molar-refractivity contribution in [1.29, 1.82) is 0 Å². The summed E-state index contributed by atoms with van der Waals surface area (Å²) in [5.74, 6) is 1.12. The Morgan fingerprint density at radius 1 is 1.13 bits per heavy atom. The number of hydrogen-bond acceptors (Lipinski definition) is 4. The van der Waals surface area contributed by atoms with Crippen LogP contribution in [0, 0.1) is 11.7 Å². The van der Waals surface area contributed by atoms with Crippen molar-refractivity contribution in [2.45, 2.75) is 12.6 Å². The SMILES string of the molecule is OC1CNCC1CNCc1ccc(Oc2cccc(F)c2)cc1. The zero-order valence-electron chi connectivity index (χ0n) is 12.8. The molecule has 0 aromatic heterocycles. The van der Waals surface area contributed by atoms with Gasteiger partial charge in [-0.25, -0.2) is 4.39 Å². The van der Waals surface area contributed by atoms with Gasteiger partial charge in [0.15, 0.2) is 0 Å². The number of ether oxygens (including phenoxy) is 1. The van der Waals surface area contributed by atoms with E-state index in [4.69, 9.17) is 4.74 Å². The first-order valence-corrected chi connectivity index (χ1v) is 7.82. The van der Waals surface area contributed by atoms with Gasteiger partial charge in [0.1, 0.15) is 17.3 Å². The summed E-state index contributed by atoms with van der Waals surface area (Å²) >= 11 is 0. The average molecular weight is 316 g/mol. The van der Waals surface area contributed by atoms with Gasteiger partial charge in [-0.15, -0.1) is 0 Å². The maximum absolute atomic E-state index is 13.1. The Balaban J connectivity index is 1.49. The van der Waals surface area contributed by atoms with E-state index in [2.05, 4.69) is 10.6 Å². The number of aliphatic hydroxyl groups excluding tert-OH is 1. The summed E-state index contributed by atoms with van der Waals surface area (Å²) < 4.78 is 18.7. The van der Waals surface area contributed by atoms with E-state index in [1.54, 1.807) is 12.1 Å². The van der Waals surface area contributed by atoms with Crippen LogP contribution in [0.4, 0.5) is 4.39 Å². The van der Waals surface area contributed by atoms with Gasteiger partial charge in [0, 0.05) is 38.2 Å². The van der Waals surface area contributed by atoms with Crippen molar-refractivity contribution in [3.05, 3.63) is 59.9 Å². The minimum Gasteiger partial charge on any atom is -0.457 e. The van der Waals surface area contributed by atoms with Crippen LogP contribution >= 0.6 is 0 Å². The zero-order valence-corrected chi connectivity index (χ0v) is 12.8. The van der Waals surface area contributed by atoms with Gasteiger partial charge in [-0.05, 0) is 29.8 Å². The molecule has 0 spiro atoms. The quantitative estimate of drug-likeness (QED) is 0.765. The highest BCUT2D eigenvalue weighted by Gasteiger charge is 2.23. The van der Waals surface area contributed by atoms with Gasteiger partial charge >= 0.3 is 0 Å².